The van der Waals surface area contributed by atoms with Crippen molar-refractivity contribution < 1.29 is 9.53 Å². The topological polar surface area (TPSA) is 94.3 Å². The van der Waals surface area contributed by atoms with Gasteiger partial charge in [-0.05, 0) is 43.2 Å². The largest absolute Gasteiger partial charge is 0.481 e. The predicted molar refractivity (Wildman–Crippen MR) is 118 cm³/mol. The average Bonchev–Trinajstić information content (AvgIpc) is 3.19. The molecule has 0 fully saturated rings. The number of hydrogen-bond acceptors (Lipinski definition) is 7. The van der Waals surface area contributed by atoms with Crippen molar-refractivity contribution in [3.8, 4) is 5.88 Å². The summed E-state index contributed by atoms with van der Waals surface area (Å²) in [5, 5.41) is 8.11. The van der Waals surface area contributed by atoms with E-state index in [1.165, 1.54) is 11.8 Å². The van der Waals surface area contributed by atoms with Gasteiger partial charge in [0.2, 0.25) is 11.0 Å². The molecule has 158 valence electrons. The van der Waals surface area contributed by atoms with Crippen LogP contribution in [-0.2, 0) is 12.3 Å². The molecule has 4 aromatic rings. The summed E-state index contributed by atoms with van der Waals surface area (Å²) in [4.78, 5) is 25.8. The van der Waals surface area contributed by atoms with Crippen LogP contribution in [0.1, 0.15) is 32.9 Å². The van der Waals surface area contributed by atoms with Crippen LogP contribution in [0.25, 0.3) is 5.78 Å². The Hall–Kier alpha value is -3.46. The number of benzene rings is 1. The van der Waals surface area contributed by atoms with E-state index in [1.54, 1.807) is 23.9 Å². The van der Waals surface area contributed by atoms with Crippen molar-refractivity contribution in [2.24, 2.45) is 0 Å². The highest BCUT2D eigenvalue weighted by atomic mass is 32.2. The van der Waals surface area contributed by atoms with Gasteiger partial charge in [0.1, 0.15) is 0 Å². The molecule has 1 amide bonds. The maximum Gasteiger partial charge on any atom is 0.253 e. The number of aryl methyl sites for hydroxylation is 2. The lowest BCUT2D eigenvalue weighted by molar-refractivity contribution is 0.0950. The van der Waals surface area contributed by atoms with E-state index in [-0.39, 0.29) is 5.91 Å². The van der Waals surface area contributed by atoms with Crippen LogP contribution < -0.4 is 10.1 Å². The van der Waals surface area contributed by atoms with Crippen molar-refractivity contribution in [3.05, 3.63) is 76.7 Å². The Labute approximate surface area is 184 Å². The first-order valence-electron chi connectivity index (χ1n) is 9.72. The molecule has 0 aliphatic carbocycles. The Balaban J connectivity index is 1.45. The standard InChI is InChI=1S/C22H22N6O2S/c1-14-10-15(2)28-21(25-14)26-22(27-28)31-13-17-6-4-5-7-18(17)20(29)24-12-16-8-9-23-19(11-16)30-3/h4-11H,12-13H2,1-3H3,(H,24,29). The predicted octanol–water partition coefficient (Wildman–Crippen LogP) is 3.37. The fourth-order valence-electron chi connectivity index (χ4n) is 3.17. The first-order chi connectivity index (χ1) is 15.0. The molecule has 0 aliphatic rings. The minimum atomic E-state index is -0.136. The van der Waals surface area contributed by atoms with Crippen LogP contribution in [0.3, 0.4) is 0 Å². The molecule has 9 heteroatoms. The normalized spacial score (nSPS) is 10.9. The number of nitrogens with zero attached hydrogens (tertiary/aromatic N) is 5. The third-order valence-electron chi connectivity index (χ3n) is 4.68. The number of pyridine rings is 1. The van der Waals surface area contributed by atoms with Gasteiger partial charge >= 0.3 is 0 Å². The van der Waals surface area contributed by atoms with Gasteiger partial charge in [-0.15, -0.1) is 5.10 Å². The molecule has 0 saturated carbocycles. The number of methoxy groups -OCH3 is 1. The molecule has 8 nitrogen and oxygen atoms in total. The fourth-order valence-corrected chi connectivity index (χ4v) is 3.99. The number of rotatable bonds is 7. The van der Waals surface area contributed by atoms with E-state index in [0.29, 0.717) is 34.7 Å². The van der Waals surface area contributed by atoms with Gasteiger partial charge in [-0.2, -0.15) is 4.98 Å². The van der Waals surface area contributed by atoms with E-state index in [4.69, 9.17) is 4.74 Å². The van der Waals surface area contributed by atoms with Gasteiger partial charge in [-0.25, -0.2) is 14.5 Å². The Morgan fingerprint density at radius 1 is 1.16 bits per heavy atom. The number of fused-ring (bicyclic) bond motifs is 1. The van der Waals surface area contributed by atoms with Crippen LogP contribution in [0.4, 0.5) is 0 Å². The van der Waals surface area contributed by atoms with Crippen molar-refractivity contribution in [1.29, 1.82) is 0 Å². The smallest absolute Gasteiger partial charge is 0.253 e. The molecule has 0 radical (unpaired) electrons. The van der Waals surface area contributed by atoms with Gasteiger partial charge in [0.25, 0.3) is 11.7 Å². The minimum Gasteiger partial charge on any atom is -0.481 e. The van der Waals surface area contributed by atoms with Crippen molar-refractivity contribution in [2.75, 3.05) is 7.11 Å². The van der Waals surface area contributed by atoms with Gasteiger partial charge in [-0.1, -0.05) is 30.0 Å². The van der Waals surface area contributed by atoms with Crippen LogP contribution in [0.15, 0.2) is 53.8 Å². The number of ether oxygens (including phenoxy) is 1. The van der Waals surface area contributed by atoms with E-state index in [0.717, 1.165) is 22.5 Å². The van der Waals surface area contributed by atoms with Crippen molar-refractivity contribution >= 4 is 23.4 Å². The Morgan fingerprint density at radius 2 is 2.00 bits per heavy atom. The highest BCUT2D eigenvalue weighted by Crippen LogP contribution is 2.23. The second-order valence-electron chi connectivity index (χ2n) is 6.98. The van der Waals surface area contributed by atoms with Gasteiger partial charge in [0, 0.05) is 41.5 Å². The fraction of sp³-hybridized carbons (Fsp3) is 0.227. The molecule has 31 heavy (non-hydrogen) atoms. The molecule has 1 N–H and O–H groups in total. The monoisotopic (exact) mass is 434 g/mol. The Kier molecular flexibility index (Phi) is 6.13. The van der Waals surface area contributed by atoms with Crippen LogP contribution in [-0.4, -0.2) is 37.6 Å². The molecule has 0 saturated heterocycles. The molecular formula is C22H22N6O2S. The second-order valence-corrected chi connectivity index (χ2v) is 7.92. The summed E-state index contributed by atoms with van der Waals surface area (Å²) >= 11 is 1.48. The van der Waals surface area contributed by atoms with Crippen LogP contribution in [0.5, 0.6) is 5.88 Å². The summed E-state index contributed by atoms with van der Waals surface area (Å²) in [6.45, 7) is 4.30. The van der Waals surface area contributed by atoms with E-state index < -0.39 is 0 Å². The molecular weight excluding hydrogens is 412 g/mol. The first kappa shape index (κ1) is 20.8. The molecule has 3 heterocycles. The van der Waals surface area contributed by atoms with E-state index in [9.17, 15) is 4.79 Å². The van der Waals surface area contributed by atoms with Gasteiger partial charge in [0.05, 0.1) is 7.11 Å². The van der Waals surface area contributed by atoms with Crippen LogP contribution in [0.2, 0.25) is 0 Å². The van der Waals surface area contributed by atoms with E-state index in [2.05, 4.69) is 25.4 Å². The van der Waals surface area contributed by atoms with Gasteiger partial charge < -0.3 is 10.1 Å². The lowest BCUT2D eigenvalue weighted by Crippen LogP contribution is -2.24. The van der Waals surface area contributed by atoms with E-state index >= 15 is 0 Å². The molecule has 0 aliphatic heterocycles. The third-order valence-corrected chi connectivity index (χ3v) is 5.57. The zero-order valence-electron chi connectivity index (χ0n) is 17.5. The lowest BCUT2D eigenvalue weighted by atomic mass is 10.1. The molecule has 3 aromatic heterocycles. The van der Waals surface area contributed by atoms with E-state index in [1.807, 2.05) is 50.2 Å². The number of carbonyl (C=O) groups is 1. The molecule has 4 rings (SSSR count). The number of aromatic nitrogens is 5. The van der Waals surface area contributed by atoms with Crippen molar-refractivity contribution in [1.82, 2.24) is 29.9 Å². The quantitative estimate of drug-likeness (QED) is 0.446. The summed E-state index contributed by atoms with van der Waals surface area (Å²) in [7, 11) is 1.56. The van der Waals surface area contributed by atoms with Gasteiger partial charge in [-0.3, -0.25) is 4.79 Å². The molecule has 1 aromatic carbocycles. The number of thioether (sulfide) groups is 1. The zero-order valence-corrected chi connectivity index (χ0v) is 18.3. The maximum atomic E-state index is 12.8. The minimum absolute atomic E-state index is 0.136. The summed E-state index contributed by atoms with van der Waals surface area (Å²) < 4.78 is 6.86. The van der Waals surface area contributed by atoms with Crippen molar-refractivity contribution in [3.63, 3.8) is 0 Å². The Morgan fingerprint density at radius 3 is 2.84 bits per heavy atom. The highest BCUT2D eigenvalue weighted by molar-refractivity contribution is 7.98. The second kappa shape index (κ2) is 9.13. The van der Waals surface area contributed by atoms with Crippen LogP contribution >= 0.6 is 11.8 Å². The number of hydrogen-bond donors (Lipinski definition) is 1. The summed E-state index contributed by atoms with van der Waals surface area (Å²) in [5.41, 5.74) is 4.35. The SMILES string of the molecule is COc1cc(CNC(=O)c2ccccc2CSc2nc3nc(C)cc(C)n3n2)ccn1. The lowest BCUT2D eigenvalue weighted by Gasteiger charge is -2.10. The molecule has 0 bridgehead atoms. The first-order valence-corrected chi connectivity index (χ1v) is 10.7. The average molecular weight is 435 g/mol. The summed E-state index contributed by atoms with van der Waals surface area (Å²) in [6, 6.07) is 13.2. The maximum absolute atomic E-state index is 12.8. The number of amides is 1. The number of nitrogens with one attached hydrogen (secondary N) is 1. The molecule has 0 unspecified atom stereocenters. The summed E-state index contributed by atoms with van der Waals surface area (Å²) in [6.07, 6.45) is 1.66. The molecule has 0 atom stereocenters. The zero-order chi connectivity index (χ0) is 21.8. The summed E-state index contributed by atoms with van der Waals surface area (Å²) in [5.74, 6) is 1.53. The Bertz CT molecular complexity index is 1240. The van der Waals surface area contributed by atoms with Crippen LogP contribution in [0, 0.1) is 13.8 Å². The van der Waals surface area contributed by atoms with Crippen molar-refractivity contribution in [2.45, 2.75) is 31.3 Å². The third kappa shape index (κ3) is 4.83. The molecule has 0 spiro atoms. The number of carbonyl (C=O) groups excluding carboxylic acids is 1. The highest BCUT2D eigenvalue weighted by Gasteiger charge is 2.13. The van der Waals surface area contributed by atoms with Gasteiger partial charge in [0.15, 0.2) is 0 Å².